The van der Waals surface area contributed by atoms with Gasteiger partial charge in [-0.2, -0.15) is 0 Å². The maximum Gasteiger partial charge on any atom is 0.416 e. The summed E-state index contributed by atoms with van der Waals surface area (Å²) in [7, 11) is 0. The molecule has 0 saturated carbocycles. The maximum absolute atomic E-state index is 12.5. The third-order valence-corrected chi connectivity index (χ3v) is 6.77. The molecule has 208 valence electrons. The lowest BCUT2D eigenvalue weighted by molar-refractivity contribution is 0.0655. The predicted molar refractivity (Wildman–Crippen MR) is 148 cm³/mol. The summed E-state index contributed by atoms with van der Waals surface area (Å²) in [6.45, 7) is 8.82. The lowest BCUT2D eigenvalue weighted by atomic mass is 10.0. The summed E-state index contributed by atoms with van der Waals surface area (Å²) in [4.78, 5) is 24.9. The molecule has 0 radical (unpaired) electrons. The van der Waals surface area contributed by atoms with Gasteiger partial charge in [-0.15, -0.1) is 0 Å². The highest BCUT2D eigenvalue weighted by Crippen LogP contribution is 2.18. The van der Waals surface area contributed by atoms with Gasteiger partial charge >= 0.3 is 12.2 Å². The van der Waals surface area contributed by atoms with Gasteiger partial charge in [0.25, 0.3) is 0 Å². The van der Waals surface area contributed by atoms with Crippen LogP contribution in [0.4, 0.5) is 9.59 Å². The highest BCUT2D eigenvalue weighted by Gasteiger charge is 2.20. The smallest absolute Gasteiger partial charge is 0.416 e. The van der Waals surface area contributed by atoms with Crippen LogP contribution in [0.5, 0.6) is 0 Å². The highest BCUT2D eigenvalue weighted by molar-refractivity contribution is 5.87. The van der Waals surface area contributed by atoms with E-state index in [1.807, 2.05) is 0 Å². The Morgan fingerprint density at radius 1 is 0.457 bits per heavy atom. The number of unbranched alkanes of at least 4 members (excludes halogenated alkanes) is 14. The number of carbonyl (C=O) groups is 2. The Bertz CT molecular complexity index is 441. The molecule has 0 aromatic rings. The fourth-order valence-corrected chi connectivity index (χ4v) is 4.52. The van der Waals surface area contributed by atoms with Gasteiger partial charge in [-0.25, -0.2) is 14.9 Å². The summed E-state index contributed by atoms with van der Waals surface area (Å²) in [5.74, 6) is 0. The molecule has 2 unspecified atom stereocenters. The van der Waals surface area contributed by atoms with Crippen LogP contribution in [0.25, 0.3) is 0 Å². The predicted octanol–water partition coefficient (Wildman–Crippen LogP) is 10.2. The molecule has 35 heavy (non-hydrogen) atoms. The Hall–Kier alpha value is -1.26. The number of imide groups is 1. The van der Waals surface area contributed by atoms with E-state index in [1.54, 1.807) is 0 Å². The average molecular weight is 498 g/mol. The van der Waals surface area contributed by atoms with Crippen LogP contribution in [0.1, 0.15) is 169 Å². The second kappa shape index (κ2) is 25.8. The number of amides is 2. The van der Waals surface area contributed by atoms with E-state index in [4.69, 9.17) is 9.47 Å². The van der Waals surface area contributed by atoms with Crippen LogP contribution >= 0.6 is 0 Å². The van der Waals surface area contributed by atoms with Crippen LogP contribution in [0.3, 0.4) is 0 Å². The molecule has 2 amide bonds. The molecular formula is C30H59NO4. The normalized spacial score (nSPS) is 12.8. The molecule has 1 N–H and O–H groups in total. The third kappa shape index (κ3) is 22.9. The molecule has 0 aliphatic heterocycles. The van der Waals surface area contributed by atoms with Crippen molar-refractivity contribution in [2.45, 2.75) is 181 Å². The van der Waals surface area contributed by atoms with E-state index in [9.17, 15) is 9.59 Å². The van der Waals surface area contributed by atoms with E-state index in [0.29, 0.717) is 0 Å². The lowest BCUT2D eigenvalue weighted by Gasteiger charge is -2.20. The number of hydrogen-bond acceptors (Lipinski definition) is 4. The zero-order chi connectivity index (χ0) is 26.0. The van der Waals surface area contributed by atoms with Crippen molar-refractivity contribution >= 4 is 12.2 Å². The molecule has 0 spiro atoms. The van der Waals surface area contributed by atoms with Gasteiger partial charge in [0.1, 0.15) is 12.2 Å². The van der Waals surface area contributed by atoms with Crippen molar-refractivity contribution in [1.29, 1.82) is 0 Å². The van der Waals surface area contributed by atoms with Crippen LogP contribution in [0, 0.1) is 0 Å². The molecule has 5 heteroatoms. The summed E-state index contributed by atoms with van der Waals surface area (Å²) >= 11 is 0. The first-order valence-corrected chi connectivity index (χ1v) is 15.2. The van der Waals surface area contributed by atoms with Crippen LogP contribution in [-0.4, -0.2) is 24.4 Å². The van der Waals surface area contributed by atoms with Gasteiger partial charge in [-0.1, -0.05) is 118 Å². The third-order valence-electron chi connectivity index (χ3n) is 6.77. The fourth-order valence-electron chi connectivity index (χ4n) is 4.52. The Kier molecular flexibility index (Phi) is 24.9. The van der Waals surface area contributed by atoms with E-state index < -0.39 is 12.2 Å². The number of rotatable bonds is 24. The van der Waals surface area contributed by atoms with E-state index in [1.165, 1.54) is 77.0 Å². The van der Waals surface area contributed by atoms with Crippen molar-refractivity contribution in [2.75, 3.05) is 0 Å². The van der Waals surface area contributed by atoms with Crippen molar-refractivity contribution in [3.05, 3.63) is 0 Å². The first-order chi connectivity index (χ1) is 17.1. The molecule has 0 bridgehead atoms. The van der Waals surface area contributed by atoms with E-state index in [2.05, 4.69) is 33.0 Å². The summed E-state index contributed by atoms with van der Waals surface area (Å²) in [6.07, 6.45) is 23.0. The molecule has 0 aromatic heterocycles. The molecule has 0 saturated heterocycles. The van der Waals surface area contributed by atoms with Crippen LogP contribution in [0.2, 0.25) is 0 Å². The fraction of sp³-hybridized carbons (Fsp3) is 0.933. The summed E-state index contributed by atoms with van der Waals surface area (Å²) < 4.78 is 11.4. The highest BCUT2D eigenvalue weighted by atomic mass is 16.6. The molecule has 2 atom stereocenters. The van der Waals surface area contributed by atoms with E-state index in [-0.39, 0.29) is 12.2 Å². The molecule has 0 aliphatic carbocycles. The van der Waals surface area contributed by atoms with Gasteiger partial charge < -0.3 is 9.47 Å². The Balaban J connectivity index is 4.57. The van der Waals surface area contributed by atoms with Crippen molar-refractivity contribution < 1.29 is 19.1 Å². The number of hydrogen-bond donors (Lipinski definition) is 1. The Morgan fingerprint density at radius 2 is 0.714 bits per heavy atom. The number of ether oxygens (including phenoxy) is 2. The second-order valence-corrected chi connectivity index (χ2v) is 10.3. The van der Waals surface area contributed by atoms with Crippen LogP contribution in [-0.2, 0) is 9.47 Å². The van der Waals surface area contributed by atoms with E-state index in [0.717, 1.165) is 64.2 Å². The van der Waals surface area contributed by atoms with Gasteiger partial charge in [-0.3, -0.25) is 0 Å². The average Bonchev–Trinajstić information content (AvgIpc) is 2.83. The van der Waals surface area contributed by atoms with Gasteiger partial charge in [0.05, 0.1) is 0 Å². The van der Waals surface area contributed by atoms with E-state index >= 15 is 0 Å². The molecule has 0 rings (SSSR count). The number of nitrogens with one attached hydrogen (secondary N) is 1. The minimum absolute atomic E-state index is 0.121. The minimum atomic E-state index is -0.656. The maximum atomic E-state index is 12.5. The molecule has 5 nitrogen and oxygen atoms in total. The van der Waals surface area contributed by atoms with Gasteiger partial charge in [0.15, 0.2) is 0 Å². The standard InChI is InChI=1S/C30H59NO4/c1-5-9-13-17-21-25-27(23-19-15-11-7-3)34-29(32)31-30(33)35-28(24-20-16-12-8-4)26-22-18-14-10-6-2/h27-28H,5-26H2,1-4H3,(H,31,32,33). The largest absolute Gasteiger partial charge is 0.446 e. The number of carbonyl (C=O) groups excluding carboxylic acids is 2. The van der Waals surface area contributed by atoms with Crippen LogP contribution < -0.4 is 5.32 Å². The second-order valence-electron chi connectivity index (χ2n) is 10.3. The van der Waals surface area contributed by atoms with Crippen molar-refractivity contribution in [3.63, 3.8) is 0 Å². The quantitative estimate of drug-likeness (QED) is 0.135. The van der Waals surface area contributed by atoms with Gasteiger partial charge in [0.2, 0.25) is 0 Å². The lowest BCUT2D eigenvalue weighted by Crippen LogP contribution is -2.36. The summed E-state index contributed by atoms with van der Waals surface area (Å²) in [5.41, 5.74) is 0. The van der Waals surface area contributed by atoms with Gasteiger partial charge in [-0.05, 0) is 51.4 Å². The molecular weight excluding hydrogens is 438 g/mol. The monoisotopic (exact) mass is 497 g/mol. The first-order valence-electron chi connectivity index (χ1n) is 15.2. The van der Waals surface area contributed by atoms with Crippen LogP contribution in [0.15, 0.2) is 0 Å². The van der Waals surface area contributed by atoms with Crippen molar-refractivity contribution in [1.82, 2.24) is 5.32 Å². The first kappa shape index (κ1) is 33.7. The zero-order valence-electron chi connectivity index (χ0n) is 23.8. The summed E-state index contributed by atoms with van der Waals surface area (Å²) in [5, 5.41) is 2.34. The summed E-state index contributed by atoms with van der Waals surface area (Å²) in [6, 6.07) is 0. The number of alkyl carbamates (subject to hydrolysis) is 2. The Morgan fingerprint density at radius 3 is 1.00 bits per heavy atom. The topological polar surface area (TPSA) is 64.6 Å². The Labute approximate surface area is 217 Å². The SMILES string of the molecule is CCCCCCCC(CCCCCC)OC(=O)NC(=O)OC(CCCCCC)CCCCCCC. The van der Waals surface area contributed by atoms with Crippen molar-refractivity contribution in [3.8, 4) is 0 Å². The molecule has 0 heterocycles. The van der Waals surface area contributed by atoms with Crippen molar-refractivity contribution in [2.24, 2.45) is 0 Å². The zero-order valence-corrected chi connectivity index (χ0v) is 23.8. The van der Waals surface area contributed by atoms with Gasteiger partial charge in [0, 0.05) is 0 Å². The molecule has 0 aromatic carbocycles. The minimum Gasteiger partial charge on any atom is -0.446 e. The molecule has 0 aliphatic rings. The molecule has 0 fully saturated rings.